The minimum atomic E-state index is -3.87. The van der Waals surface area contributed by atoms with E-state index in [1.807, 2.05) is 0 Å². The van der Waals surface area contributed by atoms with Gasteiger partial charge in [-0.05, 0) is 66.2 Å². The molecule has 3 N–H and O–H groups in total. The van der Waals surface area contributed by atoms with Gasteiger partial charge in [0.1, 0.15) is 17.4 Å². The third kappa shape index (κ3) is 8.04. The molecule has 0 unspecified atom stereocenters. The van der Waals surface area contributed by atoms with Crippen molar-refractivity contribution in [2.45, 2.75) is 35.9 Å². The van der Waals surface area contributed by atoms with E-state index in [2.05, 4.69) is 26.8 Å². The lowest BCUT2D eigenvalue weighted by molar-refractivity contribution is -0.130. The molecule has 0 bridgehead atoms. The zero-order chi connectivity index (χ0) is 33.4. The van der Waals surface area contributed by atoms with E-state index < -0.39 is 44.8 Å². The van der Waals surface area contributed by atoms with Crippen molar-refractivity contribution in [2.75, 3.05) is 19.0 Å². The molecular weight excluding hydrogens is 696 g/mol. The van der Waals surface area contributed by atoms with Gasteiger partial charge >= 0.3 is 0 Å². The first kappa shape index (κ1) is 34.2. The van der Waals surface area contributed by atoms with Crippen LogP contribution in [0.4, 0.5) is 8.78 Å². The number of rotatable bonds is 14. The monoisotopic (exact) mass is 727 g/mol. The van der Waals surface area contributed by atoms with Crippen molar-refractivity contribution in [1.29, 1.82) is 0 Å². The molecule has 1 aliphatic rings. The molecule has 0 saturated carbocycles. The predicted octanol–water partition coefficient (Wildman–Crippen LogP) is 5.43. The number of hydrogen-bond donors (Lipinski definition) is 3. The Morgan fingerprint density at radius 1 is 0.957 bits per heavy atom. The van der Waals surface area contributed by atoms with Crippen molar-refractivity contribution in [3.05, 3.63) is 130 Å². The van der Waals surface area contributed by atoms with E-state index in [1.54, 1.807) is 66.7 Å². The lowest BCUT2D eigenvalue weighted by Gasteiger charge is -2.30. The van der Waals surface area contributed by atoms with Crippen molar-refractivity contribution >= 4 is 37.6 Å². The van der Waals surface area contributed by atoms with Gasteiger partial charge in [-0.25, -0.2) is 27.6 Å². The Kier molecular flexibility index (Phi) is 11.0. The summed E-state index contributed by atoms with van der Waals surface area (Å²) in [5.41, 5.74) is 4.03. The Balaban J connectivity index is 1.52. The summed E-state index contributed by atoms with van der Waals surface area (Å²) in [7, 11) is -3.87. The minimum Gasteiger partial charge on any atom is -0.494 e. The molecule has 0 fully saturated rings. The number of aliphatic hydroxyl groups is 1. The maximum Gasteiger partial charge on any atom is 0.266 e. The number of amides is 1. The largest absolute Gasteiger partial charge is 0.494 e. The zero-order valence-electron chi connectivity index (χ0n) is 25.0. The topological polar surface area (TPSA) is 126 Å². The van der Waals surface area contributed by atoms with Crippen LogP contribution in [-0.4, -0.2) is 49.8 Å². The quantitative estimate of drug-likeness (QED) is 0.117. The number of aliphatic imine (C=N–C) groups is 1. The summed E-state index contributed by atoms with van der Waals surface area (Å²) >= 11 is 3.41. The van der Waals surface area contributed by atoms with Gasteiger partial charge in [-0.2, -0.15) is 0 Å². The molecule has 9 nitrogen and oxygen atoms in total. The summed E-state index contributed by atoms with van der Waals surface area (Å²) in [4.78, 5) is 19.1. The van der Waals surface area contributed by atoms with Gasteiger partial charge in [0, 0.05) is 41.6 Å². The number of carbonyl (C=O) groups is 1. The molecule has 1 amide bonds. The Morgan fingerprint density at radius 2 is 1.64 bits per heavy atom. The first-order valence-electron chi connectivity index (χ1n) is 14.7. The van der Waals surface area contributed by atoms with Crippen LogP contribution in [-0.2, 0) is 25.9 Å². The second-order valence-electron chi connectivity index (χ2n) is 10.7. The highest BCUT2D eigenvalue weighted by Gasteiger charge is 2.53. The highest BCUT2D eigenvalue weighted by molar-refractivity contribution is 9.10. The average Bonchev–Trinajstić information content (AvgIpc) is 3.47. The number of nitrogens with zero attached hydrogens (tertiary/aromatic N) is 1. The first-order chi connectivity index (χ1) is 22.6. The molecule has 4 aromatic rings. The molecule has 1 heterocycles. The number of carbonyl (C=O) groups excluding carboxylic acids is 1. The van der Waals surface area contributed by atoms with Crippen LogP contribution in [0.1, 0.15) is 35.6 Å². The number of nitrogens with one attached hydrogen (secondary N) is 2. The van der Waals surface area contributed by atoms with E-state index in [0.29, 0.717) is 29.9 Å². The summed E-state index contributed by atoms with van der Waals surface area (Å²) in [5.74, 6) is -2.17. The zero-order valence-corrected chi connectivity index (χ0v) is 27.4. The number of sulfone groups is 1. The Hall–Kier alpha value is -4.17. The molecule has 0 aromatic heterocycles. The smallest absolute Gasteiger partial charge is 0.266 e. The second kappa shape index (κ2) is 15.2. The standard InChI is InChI=1S/C34H32BrF2N3O6S/c35-25-14-10-23(11-15-25)31-34(18-21-47(43,44)27-6-2-1-3-7-27,33(42)40-38-22-28-29(36)8-4-9-30(28)37)39-32(46-31)24-12-16-26(17-13-24)45-20-5-19-41/h1-4,6-17,31,38,41H,5,18-22H2,(H,40,42)/t31-,34-/m0/s1. The van der Waals surface area contributed by atoms with Gasteiger partial charge in [-0.1, -0.05) is 52.3 Å². The van der Waals surface area contributed by atoms with Crippen LogP contribution in [0.5, 0.6) is 5.75 Å². The molecule has 0 spiro atoms. The number of ether oxygens (including phenoxy) is 2. The van der Waals surface area contributed by atoms with Crippen LogP contribution in [0, 0.1) is 11.6 Å². The average molecular weight is 729 g/mol. The fourth-order valence-electron chi connectivity index (χ4n) is 5.07. The fraction of sp³-hybridized carbons (Fsp3) is 0.235. The van der Waals surface area contributed by atoms with Crippen LogP contribution in [0.3, 0.4) is 0 Å². The van der Waals surface area contributed by atoms with Crippen LogP contribution < -0.4 is 15.6 Å². The van der Waals surface area contributed by atoms with E-state index in [0.717, 1.165) is 16.6 Å². The molecule has 0 radical (unpaired) electrons. The Bertz CT molecular complexity index is 1810. The Labute approximate surface area is 279 Å². The lowest BCUT2D eigenvalue weighted by atomic mass is 9.85. The first-order valence-corrected chi connectivity index (χ1v) is 17.2. The molecule has 246 valence electrons. The van der Waals surface area contributed by atoms with Gasteiger partial charge < -0.3 is 14.6 Å². The van der Waals surface area contributed by atoms with Crippen LogP contribution in [0.2, 0.25) is 0 Å². The molecule has 5 rings (SSSR count). The van der Waals surface area contributed by atoms with Crippen molar-refractivity contribution in [2.24, 2.45) is 4.99 Å². The van der Waals surface area contributed by atoms with Gasteiger partial charge in [-0.3, -0.25) is 10.2 Å². The maximum atomic E-state index is 14.3. The van der Waals surface area contributed by atoms with Crippen LogP contribution in [0.25, 0.3) is 0 Å². The SMILES string of the molecule is O=C(NNCc1c(F)cccc1F)[C@@]1(CCS(=O)(=O)c2ccccc2)N=C(c2ccc(OCCCO)cc2)O[C@H]1c1ccc(Br)cc1. The number of halogens is 3. The highest BCUT2D eigenvalue weighted by Crippen LogP contribution is 2.43. The highest BCUT2D eigenvalue weighted by atomic mass is 79.9. The summed E-state index contributed by atoms with van der Waals surface area (Å²) < 4.78 is 68.3. The summed E-state index contributed by atoms with van der Waals surface area (Å²) in [6, 6.07) is 25.1. The van der Waals surface area contributed by atoms with Crippen molar-refractivity contribution in [1.82, 2.24) is 10.9 Å². The molecule has 2 atom stereocenters. The summed E-state index contributed by atoms with van der Waals surface area (Å²) in [6.07, 6.45) is -0.907. The predicted molar refractivity (Wildman–Crippen MR) is 175 cm³/mol. The normalized spacial score (nSPS) is 17.5. The van der Waals surface area contributed by atoms with Crippen molar-refractivity contribution < 1.29 is 36.6 Å². The van der Waals surface area contributed by atoms with Gasteiger partial charge in [0.2, 0.25) is 5.90 Å². The van der Waals surface area contributed by atoms with E-state index >= 15 is 0 Å². The number of benzene rings is 4. The minimum absolute atomic E-state index is 0.00555. The lowest BCUT2D eigenvalue weighted by Crippen LogP contribution is -2.53. The molecule has 1 aliphatic heterocycles. The van der Waals surface area contributed by atoms with E-state index in [4.69, 9.17) is 19.6 Å². The number of hydrazine groups is 1. The second-order valence-corrected chi connectivity index (χ2v) is 13.8. The molecule has 13 heteroatoms. The number of aliphatic hydroxyl groups excluding tert-OH is 1. The van der Waals surface area contributed by atoms with E-state index in [1.165, 1.54) is 18.2 Å². The van der Waals surface area contributed by atoms with Crippen molar-refractivity contribution in [3.63, 3.8) is 0 Å². The van der Waals surface area contributed by atoms with Crippen LogP contribution >= 0.6 is 15.9 Å². The Morgan fingerprint density at radius 3 is 2.30 bits per heavy atom. The van der Waals surface area contributed by atoms with Crippen molar-refractivity contribution in [3.8, 4) is 5.75 Å². The molecule has 47 heavy (non-hydrogen) atoms. The number of hydrogen-bond acceptors (Lipinski definition) is 8. The molecule has 0 saturated heterocycles. The third-order valence-electron chi connectivity index (χ3n) is 7.59. The molecule has 0 aliphatic carbocycles. The molecule has 4 aromatic carbocycles. The third-order valence-corrected chi connectivity index (χ3v) is 9.85. The van der Waals surface area contributed by atoms with E-state index in [9.17, 15) is 22.0 Å². The summed E-state index contributed by atoms with van der Waals surface area (Å²) in [5, 5.41) is 9.03. The molecular formula is C34H32BrF2N3O6S. The van der Waals surface area contributed by atoms with Gasteiger partial charge in [0.15, 0.2) is 21.5 Å². The summed E-state index contributed by atoms with van der Waals surface area (Å²) in [6.45, 7) is -0.0724. The van der Waals surface area contributed by atoms with Gasteiger partial charge in [-0.15, -0.1) is 0 Å². The van der Waals surface area contributed by atoms with Gasteiger partial charge in [0.05, 0.1) is 17.3 Å². The van der Waals surface area contributed by atoms with E-state index in [-0.39, 0.29) is 35.9 Å². The van der Waals surface area contributed by atoms with Crippen LogP contribution in [0.15, 0.2) is 111 Å². The van der Waals surface area contributed by atoms with Gasteiger partial charge in [0.25, 0.3) is 5.91 Å². The fourth-order valence-corrected chi connectivity index (χ4v) is 6.72. The maximum absolute atomic E-state index is 14.3.